The number of aromatic nitrogens is 3. The Morgan fingerprint density at radius 3 is 2.45 bits per heavy atom. The molecule has 0 bridgehead atoms. The molecule has 0 aliphatic heterocycles. The van der Waals surface area contributed by atoms with Crippen LogP contribution in [-0.4, -0.2) is 60.1 Å². The topological polar surface area (TPSA) is 171 Å². The van der Waals surface area contributed by atoms with Gasteiger partial charge in [0.05, 0.1) is 12.0 Å². The Balaban J connectivity index is 0.00000300. The number of aliphatic carboxylic acids is 2. The Morgan fingerprint density at radius 1 is 1.38 bits per heavy atom. The van der Waals surface area contributed by atoms with Gasteiger partial charge in [0.25, 0.3) is 0 Å². The highest BCUT2D eigenvalue weighted by Crippen LogP contribution is 2.65. The number of fused-ring (bicyclic) bond motifs is 1. The quantitative estimate of drug-likeness (QED) is 0.402. The Bertz CT molecular complexity index is 837. The summed E-state index contributed by atoms with van der Waals surface area (Å²) in [4.78, 5) is 38.8. The summed E-state index contributed by atoms with van der Waals surface area (Å²) in [7, 11) is 0. The van der Waals surface area contributed by atoms with E-state index in [4.69, 9.17) is 5.73 Å². The number of hydrogen-bond acceptors (Lipinski definition) is 7. The Morgan fingerprint density at radius 2 is 2.00 bits per heavy atom. The third kappa shape index (κ3) is 4.00. The Labute approximate surface area is 171 Å². The molecule has 0 saturated heterocycles. The molecule has 2 aliphatic carbocycles. The van der Waals surface area contributed by atoms with E-state index in [0.29, 0.717) is 0 Å². The second kappa shape index (κ2) is 7.65. The van der Waals surface area contributed by atoms with E-state index in [-0.39, 0.29) is 24.0 Å². The lowest BCUT2D eigenvalue weighted by atomic mass is 9.89. The van der Waals surface area contributed by atoms with Gasteiger partial charge in [-0.3, -0.25) is 14.7 Å². The van der Waals surface area contributed by atoms with Gasteiger partial charge in [-0.2, -0.15) is 18.2 Å². The maximum Gasteiger partial charge on any atom is 0.451 e. The van der Waals surface area contributed by atoms with Crippen LogP contribution in [0.5, 0.6) is 0 Å². The van der Waals surface area contributed by atoms with E-state index in [9.17, 15) is 37.8 Å². The van der Waals surface area contributed by atoms with Crippen molar-refractivity contribution in [2.24, 2.45) is 23.5 Å². The molecule has 162 valence electrons. The minimum Gasteiger partial charge on any atom is -0.481 e. The smallest absolute Gasteiger partial charge is 0.451 e. The number of amides is 1. The first kappa shape index (κ1) is 23.2. The minimum atomic E-state index is -4.73. The molecule has 0 radical (unpaired) electrons. The van der Waals surface area contributed by atoms with Crippen LogP contribution < -0.4 is 11.1 Å². The first-order valence-electron chi connectivity index (χ1n) is 8.08. The Hall–Kier alpha value is -2.06. The average molecular weight is 460 g/mol. The lowest BCUT2D eigenvalue weighted by molar-refractivity contribution is -0.150. The fraction of sp³-hybridized carbons (Fsp3) is 0.643. The molecule has 29 heavy (non-hydrogen) atoms. The summed E-state index contributed by atoms with van der Waals surface area (Å²) in [5.41, 5.74) is 3.60. The number of carboxylic acids is 2. The van der Waals surface area contributed by atoms with Crippen molar-refractivity contribution in [2.45, 2.75) is 41.5 Å². The van der Waals surface area contributed by atoms with Crippen molar-refractivity contribution in [1.29, 1.82) is 0 Å². The first-order valence-corrected chi connectivity index (χ1v) is 8.96. The second-order valence-corrected chi connectivity index (χ2v) is 8.05. The number of carbonyl (C=O) groups is 3. The van der Waals surface area contributed by atoms with Crippen LogP contribution in [0.25, 0.3) is 0 Å². The zero-order valence-corrected chi connectivity index (χ0v) is 16.3. The van der Waals surface area contributed by atoms with Gasteiger partial charge in [0.2, 0.25) is 16.9 Å². The number of H-pyrrole nitrogens is 1. The van der Waals surface area contributed by atoms with Gasteiger partial charge in [0.1, 0.15) is 5.54 Å². The van der Waals surface area contributed by atoms with E-state index >= 15 is 0 Å². The molecular formula is C14H17ClF3N5O5S. The molecule has 6 atom stereocenters. The van der Waals surface area contributed by atoms with E-state index in [2.05, 4.69) is 15.4 Å². The number of alkyl halides is 3. The van der Waals surface area contributed by atoms with E-state index < -0.39 is 64.4 Å². The van der Waals surface area contributed by atoms with Gasteiger partial charge < -0.3 is 21.3 Å². The molecule has 15 heteroatoms. The zero-order valence-electron chi connectivity index (χ0n) is 14.6. The van der Waals surface area contributed by atoms with Crippen LogP contribution in [0, 0.1) is 17.8 Å². The van der Waals surface area contributed by atoms with Crippen molar-refractivity contribution in [1.82, 2.24) is 20.5 Å². The lowest BCUT2D eigenvalue weighted by Crippen LogP contribution is -2.59. The molecule has 1 amide bonds. The summed E-state index contributed by atoms with van der Waals surface area (Å²) in [6.07, 6.45) is -4.93. The van der Waals surface area contributed by atoms with E-state index in [1.807, 2.05) is 0 Å². The third-order valence-corrected chi connectivity index (χ3v) is 6.19. The number of nitrogens with zero attached hydrogens (tertiary/aromatic N) is 2. The van der Waals surface area contributed by atoms with E-state index in [0.717, 1.165) is 11.8 Å². The van der Waals surface area contributed by atoms with Crippen molar-refractivity contribution in [2.75, 3.05) is 0 Å². The molecule has 3 rings (SSSR count). The summed E-state index contributed by atoms with van der Waals surface area (Å²) >= 11 is 0.752. The molecule has 0 aromatic carbocycles. The average Bonchev–Trinajstić information content (AvgIpc) is 3.00. The molecule has 2 aliphatic rings. The predicted molar refractivity (Wildman–Crippen MR) is 93.2 cm³/mol. The largest absolute Gasteiger partial charge is 0.481 e. The number of thioether (sulfide) groups is 1. The first-order chi connectivity index (χ1) is 12.9. The fourth-order valence-electron chi connectivity index (χ4n) is 3.77. The predicted octanol–water partition coefficient (Wildman–Crippen LogP) is 0.343. The van der Waals surface area contributed by atoms with Crippen molar-refractivity contribution in [3.63, 3.8) is 0 Å². The van der Waals surface area contributed by atoms with Crippen LogP contribution in [0.15, 0.2) is 5.16 Å². The van der Waals surface area contributed by atoms with Gasteiger partial charge in [-0.05, 0) is 19.3 Å². The molecule has 2 saturated carbocycles. The number of rotatable bonds is 6. The molecule has 2 fully saturated rings. The fourth-order valence-corrected chi connectivity index (χ4v) is 5.13. The number of hydrogen-bond donors (Lipinski definition) is 5. The van der Waals surface area contributed by atoms with Crippen molar-refractivity contribution in [3.05, 3.63) is 5.82 Å². The Kier molecular flexibility index (Phi) is 6.12. The summed E-state index contributed by atoms with van der Waals surface area (Å²) in [5, 5.41) is 25.7. The van der Waals surface area contributed by atoms with Crippen LogP contribution in [0.3, 0.4) is 0 Å². The second-order valence-electron chi connectivity index (χ2n) is 6.85. The van der Waals surface area contributed by atoms with Gasteiger partial charge in [-0.15, -0.1) is 17.5 Å². The van der Waals surface area contributed by atoms with Crippen LogP contribution >= 0.6 is 24.2 Å². The van der Waals surface area contributed by atoms with Crippen LogP contribution in [-0.2, 0) is 20.6 Å². The van der Waals surface area contributed by atoms with Crippen LogP contribution in [0.2, 0.25) is 0 Å². The molecule has 0 unspecified atom stereocenters. The molecule has 6 N–H and O–H groups in total. The standard InChI is InChI=1S/C14H16F3N5O5S.ClH/c1-3(18)8(23)20-13(11(26)27)2-4(5-6(7(5)13)9(24)25)28-12-19-10(21-22-12)14(15,16)17;/h3-7H,2,18H2,1H3,(H,20,23)(H,24,25)(H,26,27)(H,19,21,22);1H/t3-,4+,5-,6-,7-,13-;/m0./s1. The van der Waals surface area contributed by atoms with Crippen LogP contribution in [0.1, 0.15) is 19.2 Å². The summed E-state index contributed by atoms with van der Waals surface area (Å²) in [6, 6.07) is -1.02. The maximum atomic E-state index is 12.7. The maximum absolute atomic E-state index is 12.7. The van der Waals surface area contributed by atoms with E-state index in [1.165, 1.54) is 6.92 Å². The number of nitrogens with two attached hydrogens (primary N) is 1. The monoisotopic (exact) mass is 459 g/mol. The number of carboxylic acid groups (broad SMARTS) is 2. The van der Waals surface area contributed by atoms with Crippen molar-refractivity contribution in [3.8, 4) is 0 Å². The van der Waals surface area contributed by atoms with Crippen LogP contribution in [0.4, 0.5) is 13.2 Å². The number of aromatic amines is 1. The van der Waals surface area contributed by atoms with Gasteiger partial charge >= 0.3 is 18.1 Å². The normalized spacial score (nSPS) is 31.3. The summed E-state index contributed by atoms with van der Waals surface area (Å²) in [6.45, 7) is 1.34. The molecule has 0 spiro atoms. The molecule has 1 aromatic rings. The van der Waals surface area contributed by atoms with Crippen molar-refractivity contribution < 1.29 is 37.8 Å². The highest BCUT2D eigenvalue weighted by atomic mass is 35.5. The van der Waals surface area contributed by atoms with Gasteiger partial charge in [-0.25, -0.2) is 4.79 Å². The molecular weight excluding hydrogens is 443 g/mol. The third-order valence-electron chi connectivity index (χ3n) is 5.01. The van der Waals surface area contributed by atoms with Gasteiger partial charge in [0, 0.05) is 11.2 Å². The lowest BCUT2D eigenvalue weighted by Gasteiger charge is -2.30. The highest BCUT2D eigenvalue weighted by molar-refractivity contribution is 7.99. The van der Waals surface area contributed by atoms with Gasteiger partial charge in [-0.1, -0.05) is 11.8 Å². The number of halogens is 4. The van der Waals surface area contributed by atoms with Crippen molar-refractivity contribution >= 4 is 42.0 Å². The SMILES string of the molecule is C[C@H](N)C(=O)N[C@@]1(C(=O)O)C[C@@H](Sc2n[nH]c(C(F)(F)F)n2)[C@H]2[C@H](C(=O)O)[C@H]21.Cl. The summed E-state index contributed by atoms with van der Waals surface area (Å²) < 4.78 is 38.0. The number of nitrogens with one attached hydrogen (secondary N) is 2. The molecule has 10 nitrogen and oxygen atoms in total. The zero-order chi connectivity index (χ0) is 21.0. The molecule has 1 aromatic heterocycles. The van der Waals surface area contributed by atoms with E-state index in [1.54, 1.807) is 5.10 Å². The minimum absolute atomic E-state index is 0. The molecule has 1 heterocycles. The highest BCUT2D eigenvalue weighted by Gasteiger charge is 2.75. The number of carbonyl (C=O) groups excluding carboxylic acids is 1. The van der Waals surface area contributed by atoms with Gasteiger partial charge in [0.15, 0.2) is 0 Å². The summed E-state index contributed by atoms with van der Waals surface area (Å²) in [5.74, 6) is -7.38.